The van der Waals surface area contributed by atoms with E-state index in [0.717, 1.165) is 8.04 Å². The van der Waals surface area contributed by atoms with Crippen molar-refractivity contribution in [1.29, 1.82) is 0 Å². The van der Waals surface area contributed by atoms with Gasteiger partial charge >= 0.3 is 0 Å². The van der Waals surface area contributed by atoms with Crippen molar-refractivity contribution in [3.63, 3.8) is 0 Å². The summed E-state index contributed by atoms with van der Waals surface area (Å²) in [5.74, 6) is -0.226. The largest absolute Gasteiger partial charge is 0.310 e. The lowest BCUT2D eigenvalue weighted by atomic mass is 10.3. The molecule has 1 aromatic rings. The van der Waals surface area contributed by atoms with Gasteiger partial charge in [0.2, 0.25) is 15.9 Å². The predicted molar refractivity (Wildman–Crippen MR) is 80.7 cm³/mol. The Morgan fingerprint density at radius 2 is 2.11 bits per heavy atom. The molecule has 1 aliphatic heterocycles. The Bertz CT molecular complexity index is 605. The van der Waals surface area contributed by atoms with E-state index in [4.69, 9.17) is 5.14 Å². The molecule has 0 aliphatic carbocycles. The van der Waals surface area contributed by atoms with Gasteiger partial charge in [-0.05, 0) is 56.7 Å². The van der Waals surface area contributed by atoms with Crippen LogP contribution in [0.1, 0.15) is 6.42 Å². The molecular weight excluding hydrogens is 435 g/mol. The highest BCUT2D eigenvalue weighted by Crippen LogP contribution is 2.32. The molecule has 1 aromatic carbocycles. The van der Waals surface area contributed by atoms with E-state index in [1.54, 1.807) is 6.07 Å². The molecule has 1 atom stereocenters. The Labute approximate surface area is 127 Å². The van der Waals surface area contributed by atoms with E-state index in [0.29, 0.717) is 5.69 Å². The summed E-state index contributed by atoms with van der Waals surface area (Å²) in [6.07, 6.45) is -0.0583. The molecule has 1 amide bonds. The molecule has 0 radical (unpaired) electrons. The van der Waals surface area contributed by atoms with Crippen molar-refractivity contribution in [2.75, 3.05) is 11.4 Å². The Balaban J connectivity index is 2.33. The average Bonchev–Trinajstić information content (AvgIpc) is 2.60. The lowest BCUT2D eigenvalue weighted by molar-refractivity contribution is -0.117. The van der Waals surface area contributed by atoms with Crippen molar-refractivity contribution >= 4 is 60.1 Å². The third kappa shape index (κ3) is 2.86. The Morgan fingerprint density at radius 1 is 1.44 bits per heavy atom. The van der Waals surface area contributed by atoms with E-state index in [9.17, 15) is 13.2 Å². The van der Waals surface area contributed by atoms with E-state index >= 15 is 0 Å². The van der Waals surface area contributed by atoms with Crippen LogP contribution in [0.3, 0.4) is 0 Å². The summed E-state index contributed by atoms with van der Waals surface area (Å²) in [6.45, 7) is 0.108. The number of rotatable bonds is 2. The molecule has 0 bridgehead atoms. The number of primary sulfonamides is 1. The fraction of sp³-hybridized carbons (Fsp3) is 0.300. The zero-order chi connectivity index (χ0) is 13.5. The summed E-state index contributed by atoms with van der Waals surface area (Å²) < 4.78 is 24.3. The van der Waals surface area contributed by atoms with Gasteiger partial charge in [0.05, 0.1) is 5.69 Å². The van der Waals surface area contributed by atoms with Crippen LogP contribution in [0.4, 0.5) is 5.69 Å². The fourth-order valence-electron chi connectivity index (χ4n) is 1.83. The maximum atomic E-state index is 11.9. The van der Waals surface area contributed by atoms with Crippen molar-refractivity contribution in [3.05, 3.63) is 26.2 Å². The molecule has 0 aromatic heterocycles. The molecular formula is C10H10BrIN2O3S. The van der Waals surface area contributed by atoms with Crippen molar-refractivity contribution in [2.24, 2.45) is 5.14 Å². The summed E-state index contributed by atoms with van der Waals surface area (Å²) in [5, 5.41) is 4.26. The highest BCUT2D eigenvalue weighted by atomic mass is 127. The normalized spacial score (nSPS) is 20.5. The van der Waals surface area contributed by atoms with Crippen molar-refractivity contribution in [1.82, 2.24) is 0 Å². The minimum Gasteiger partial charge on any atom is -0.310 e. The molecule has 1 heterocycles. The molecule has 0 saturated carbocycles. The van der Waals surface area contributed by atoms with E-state index in [1.165, 1.54) is 4.90 Å². The van der Waals surface area contributed by atoms with Gasteiger partial charge in [-0.15, -0.1) is 0 Å². The number of amides is 1. The third-order valence-electron chi connectivity index (χ3n) is 2.75. The van der Waals surface area contributed by atoms with Crippen molar-refractivity contribution in [3.8, 4) is 0 Å². The zero-order valence-corrected chi connectivity index (χ0v) is 13.7. The second-order valence-corrected chi connectivity index (χ2v) is 7.96. The first-order valence-electron chi connectivity index (χ1n) is 5.06. The molecule has 8 heteroatoms. The van der Waals surface area contributed by atoms with Gasteiger partial charge in [-0.3, -0.25) is 4.79 Å². The molecule has 0 spiro atoms. The Hall–Kier alpha value is -0.190. The molecule has 5 nitrogen and oxygen atoms in total. The van der Waals surface area contributed by atoms with Crippen LogP contribution >= 0.6 is 38.5 Å². The van der Waals surface area contributed by atoms with Crippen LogP contribution in [-0.4, -0.2) is 26.1 Å². The highest BCUT2D eigenvalue weighted by molar-refractivity contribution is 14.1. The molecule has 1 unspecified atom stereocenters. The molecule has 98 valence electrons. The number of nitrogens with zero attached hydrogens (tertiary/aromatic N) is 1. The smallest absolute Gasteiger partial charge is 0.228 e. The van der Waals surface area contributed by atoms with Crippen LogP contribution < -0.4 is 10.0 Å². The number of sulfonamides is 1. The molecule has 1 aliphatic rings. The maximum Gasteiger partial charge on any atom is 0.228 e. The molecule has 1 saturated heterocycles. The minimum atomic E-state index is -3.68. The first kappa shape index (κ1) is 14.2. The van der Waals surface area contributed by atoms with Gasteiger partial charge < -0.3 is 4.90 Å². The summed E-state index contributed by atoms with van der Waals surface area (Å²) in [4.78, 5) is 13.3. The lowest BCUT2D eigenvalue weighted by Gasteiger charge is -2.18. The first-order valence-corrected chi connectivity index (χ1v) is 8.54. The highest BCUT2D eigenvalue weighted by Gasteiger charge is 2.37. The van der Waals surface area contributed by atoms with Gasteiger partial charge in [0.1, 0.15) is 5.25 Å². The van der Waals surface area contributed by atoms with Gasteiger partial charge in [0.25, 0.3) is 0 Å². The van der Waals surface area contributed by atoms with Gasteiger partial charge in [-0.2, -0.15) is 0 Å². The molecule has 2 N–H and O–H groups in total. The second-order valence-electron chi connectivity index (χ2n) is 4.02. The van der Waals surface area contributed by atoms with Gasteiger partial charge in [0, 0.05) is 21.0 Å². The third-order valence-corrected chi connectivity index (χ3v) is 5.31. The number of benzene rings is 1. The summed E-state index contributed by atoms with van der Waals surface area (Å²) in [5.41, 5.74) is 0.673. The summed E-state index contributed by atoms with van der Waals surface area (Å²) >= 11 is 5.53. The van der Waals surface area contributed by atoms with Crippen molar-refractivity contribution < 1.29 is 13.2 Å². The van der Waals surface area contributed by atoms with E-state index in [1.807, 2.05) is 12.1 Å². The molecule has 1 fully saturated rings. The number of halogens is 2. The quantitative estimate of drug-likeness (QED) is 0.701. The van der Waals surface area contributed by atoms with Gasteiger partial charge in [0.15, 0.2) is 0 Å². The first-order chi connectivity index (χ1) is 8.29. The van der Waals surface area contributed by atoms with Crippen LogP contribution in [0.25, 0.3) is 0 Å². The summed E-state index contributed by atoms with van der Waals surface area (Å²) in [7, 11) is -3.68. The number of carbonyl (C=O) groups excluding carboxylic acids is 1. The standard InChI is InChI=1S/C10H10BrIN2O3S/c11-8-3-6(12)1-2-9(8)14-5-7(4-10(14)15)18(13,16)17/h1-3,7H,4-5H2,(H2,13,16,17). The van der Waals surface area contributed by atoms with Crippen molar-refractivity contribution in [2.45, 2.75) is 11.7 Å². The topological polar surface area (TPSA) is 80.5 Å². The molecule has 18 heavy (non-hydrogen) atoms. The second kappa shape index (κ2) is 5.06. The predicted octanol–water partition coefficient (Wildman–Crippen LogP) is 1.45. The van der Waals surface area contributed by atoms with E-state index < -0.39 is 15.3 Å². The Kier molecular flexibility index (Phi) is 4.00. The SMILES string of the molecule is NS(=O)(=O)C1CC(=O)N(c2ccc(I)cc2Br)C1. The zero-order valence-electron chi connectivity index (χ0n) is 9.14. The maximum absolute atomic E-state index is 11.9. The van der Waals surface area contributed by atoms with E-state index in [2.05, 4.69) is 38.5 Å². The van der Waals surface area contributed by atoms with E-state index in [-0.39, 0.29) is 18.9 Å². The number of nitrogens with two attached hydrogens (primary N) is 1. The van der Waals surface area contributed by atoms with Gasteiger partial charge in [-0.1, -0.05) is 0 Å². The van der Waals surface area contributed by atoms with Crippen LogP contribution in [0.15, 0.2) is 22.7 Å². The van der Waals surface area contributed by atoms with Crippen LogP contribution in [0, 0.1) is 3.57 Å². The average molecular weight is 445 g/mol. The van der Waals surface area contributed by atoms with Gasteiger partial charge in [-0.25, -0.2) is 13.6 Å². The molecule has 2 rings (SSSR count). The van der Waals surface area contributed by atoms with Crippen LogP contribution in [0.2, 0.25) is 0 Å². The summed E-state index contributed by atoms with van der Waals surface area (Å²) in [6, 6.07) is 5.51. The number of carbonyl (C=O) groups is 1. The van der Waals surface area contributed by atoms with Crippen LogP contribution in [-0.2, 0) is 14.8 Å². The number of hydrogen-bond acceptors (Lipinski definition) is 3. The number of hydrogen-bond donors (Lipinski definition) is 1. The monoisotopic (exact) mass is 444 g/mol. The number of anilines is 1. The minimum absolute atomic E-state index is 0.0583. The van der Waals surface area contributed by atoms with Crippen LogP contribution in [0.5, 0.6) is 0 Å². The Morgan fingerprint density at radius 3 is 2.61 bits per heavy atom. The fourth-order valence-corrected chi connectivity index (χ4v) is 4.07. The lowest BCUT2D eigenvalue weighted by Crippen LogP contribution is -2.32.